The van der Waals surface area contributed by atoms with Gasteiger partial charge in [-0.05, 0) is 12.1 Å². The smallest absolute Gasteiger partial charge is 0.342 e. The number of fused-ring (bicyclic) bond motifs is 1. The van der Waals surface area contributed by atoms with Crippen molar-refractivity contribution in [3.8, 4) is 0 Å². The number of amides is 1. The molecule has 2 rings (SSSR count). The first kappa shape index (κ1) is 9.97. The van der Waals surface area contributed by atoms with Crippen LogP contribution in [0.4, 0.5) is 5.82 Å². The summed E-state index contributed by atoms with van der Waals surface area (Å²) in [5.74, 6) is -1.02. The van der Waals surface area contributed by atoms with Crippen molar-refractivity contribution in [2.45, 2.75) is 0 Å². The van der Waals surface area contributed by atoms with E-state index in [0.29, 0.717) is 9.46 Å². The number of hydrogen-bond acceptors (Lipinski definition) is 4. The van der Waals surface area contributed by atoms with Gasteiger partial charge in [-0.2, -0.15) is 4.73 Å². The third-order valence-electron chi connectivity index (χ3n) is 2.20. The number of para-hydroxylation sites is 1. The number of benzene rings is 1. The predicted octanol–water partition coefficient (Wildman–Crippen LogP) is -1.21. The number of primary amides is 1. The van der Waals surface area contributed by atoms with E-state index in [9.17, 15) is 15.2 Å². The molecule has 1 aromatic heterocycles. The molecule has 1 aromatic carbocycles. The topological polar surface area (TPSA) is 123 Å². The average molecular weight is 220 g/mol. The van der Waals surface area contributed by atoms with Gasteiger partial charge in [0.05, 0.1) is 0 Å². The van der Waals surface area contributed by atoms with Gasteiger partial charge in [-0.1, -0.05) is 6.07 Å². The van der Waals surface area contributed by atoms with Gasteiger partial charge in [-0.25, -0.2) is 4.73 Å². The molecular weight excluding hydrogens is 212 g/mol. The Morgan fingerprint density at radius 1 is 1.31 bits per heavy atom. The molecule has 0 unspecified atom stereocenters. The van der Waals surface area contributed by atoms with E-state index in [0.717, 1.165) is 6.20 Å². The Morgan fingerprint density at radius 2 is 2.00 bits per heavy atom. The Bertz CT molecular complexity index is 597. The first-order valence-electron chi connectivity index (χ1n) is 4.36. The number of anilines is 1. The van der Waals surface area contributed by atoms with Gasteiger partial charge in [-0.15, -0.1) is 0 Å². The Morgan fingerprint density at radius 3 is 2.62 bits per heavy atom. The molecule has 0 saturated heterocycles. The number of carbonyl (C=O) groups is 1. The molecule has 2 aromatic rings. The van der Waals surface area contributed by atoms with Crippen molar-refractivity contribution < 1.29 is 14.3 Å². The molecule has 0 radical (unpaired) electrons. The van der Waals surface area contributed by atoms with E-state index >= 15 is 0 Å². The molecular formula is C9H8N4O3. The van der Waals surface area contributed by atoms with E-state index in [4.69, 9.17) is 11.5 Å². The molecule has 4 N–H and O–H groups in total. The molecule has 16 heavy (non-hydrogen) atoms. The largest absolute Gasteiger partial charge is 0.710 e. The summed E-state index contributed by atoms with van der Waals surface area (Å²) in [5.41, 5.74) is 10.3. The van der Waals surface area contributed by atoms with Crippen molar-refractivity contribution in [2.24, 2.45) is 5.73 Å². The van der Waals surface area contributed by atoms with Crippen LogP contribution in [0.15, 0.2) is 24.4 Å². The lowest BCUT2D eigenvalue weighted by molar-refractivity contribution is -0.618. The number of hydrogen-bond donors (Lipinski definition) is 2. The highest BCUT2D eigenvalue weighted by Gasteiger charge is 2.20. The molecule has 0 bridgehead atoms. The van der Waals surface area contributed by atoms with Crippen LogP contribution >= 0.6 is 0 Å². The first-order valence-corrected chi connectivity index (χ1v) is 4.36. The Labute approximate surface area is 89.7 Å². The van der Waals surface area contributed by atoms with Crippen LogP contribution in [0.25, 0.3) is 11.0 Å². The number of carbonyl (C=O) groups excluding carboxylic acids is 1. The van der Waals surface area contributed by atoms with Crippen LogP contribution in [0.2, 0.25) is 0 Å². The zero-order chi connectivity index (χ0) is 11.9. The van der Waals surface area contributed by atoms with Crippen molar-refractivity contribution in [1.29, 1.82) is 0 Å². The van der Waals surface area contributed by atoms with Crippen molar-refractivity contribution in [3.05, 3.63) is 40.4 Å². The highest BCUT2D eigenvalue weighted by Crippen LogP contribution is 2.12. The molecule has 0 fully saturated rings. The summed E-state index contributed by atoms with van der Waals surface area (Å²) in [4.78, 5) is 11.1. The summed E-state index contributed by atoms with van der Waals surface area (Å²) in [6.45, 7) is 0. The van der Waals surface area contributed by atoms with E-state index < -0.39 is 5.91 Å². The van der Waals surface area contributed by atoms with Crippen LogP contribution in [-0.4, -0.2) is 5.91 Å². The van der Waals surface area contributed by atoms with Crippen LogP contribution in [0.3, 0.4) is 0 Å². The highest BCUT2D eigenvalue weighted by atomic mass is 16.5. The lowest BCUT2D eigenvalue weighted by atomic mass is 10.1. The predicted molar refractivity (Wildman–Crippen MR) is 54.8 cm³/mol. The van der Waals surface area contributed by atoms with Crippen LogP contribution < -0.4 is 20.9 Å². The fraction of sp³-hybridized carbons (Fsp3) is 0. The molecule has 0 aliphatic rings. The molecule has 0 aliphatic heterocycles. The van der Waals surface area contributed by atoms with Crippen LogP contribution in [0.1, 0.15) is 10.4 Å². The van der Waals surface area contributed by atoms with Gasteiger partial charge >= 0.3 is 5.82 Å². The number of nitrogens with two attached hydrogens (primary N) is 2. The number of aromatic nitrogens is 2. The summed E-state index contributed by atoms with van der Waals surface area (Å²) in [6, 6.07) is 4.21. The quantitative estimate of drug-likeness (QED) is 0.462. The first-order chi connectivity index (χ1) is 7.52. The van der Waals surface area contributed by atoms with Crippen molar-refractivity contribution >= 4 is 22.8 Å². The average Bonchev–Trinajstić information content (AvgIpc) is 2.25. The normalized spacial score (nSPS) is 10.5. The molecule has 82 valence electrons. The van der Waals surface area contributed by atoms with Crippen LogP contribution in [-0.2, 0) is 0 Å². The van der Waals surface area contributed by atoms with Gasteiger partial charge in [0.2, 0.25) is 5.52 Å². The van der Waals surface area contributed by atoms with E-state index in [2.05, 4.69) is 0 Å². The summed E-state index contributed by atoms with van der Waals surface area (Å²) in [6.07, 6.45) is 0.891. The SMILES string of the molecule is NC(=O)c1cccc2c1[n+]([O-])cc(N)[n+]2[O-]. The molecule has 1 heterocycles. The standard InChI is InChI=1S/C9H8N4O3/c10-7-4-12(15)8-5(9(11)14)2-1-3-6(8)13(7)16/h1-4H,10H2,(H2,11,14). The van der Waals surface area contributed by atoms with Crippen LogP contribution in [0.5, 0.6) is 0 Å². The van der Waals surface area contributed by atoms with Crippen LogP contribution in [0, 0.1) is 10.4 Å². The second-order valence-corrected chi connectivity index (χ2v) is 3.21. The fourth-order valence-corrected chi connectivity index (χ4v) is 1.50. The van der Waals surface area contributed by atoms with E-state index in [1.165, 1.54) is 18.2 Å². The maximum absolute atomic E-state index is 11.6. The third kappa shape index (κ3) is 1.26. The number of nitrogen functional groups attached to an aromatic ring is 1. The van der Waals surface area contributed by atoms with Gasteiger partial charge in [0.1, 0.15) is 5.56 Å². The zero-order valence-corrected chi connectivity index (χ0v) is 8.08. The third-order valence-corrected chi connectivity index (χ3v) is 2.20. The van der Waals surface area contributed by atoms with Gasteiger partial charge in [0.25, 0.3) is 17.6 Å². The monoisotopic (exact) mass is 220 g/mol. The summed E-state index contributed by atoms with van der Waals surface area (Å²) in [5, 5.41) is 23.1. The molecule has 0 aliphatic carbocycles. The molecule has 7 heteroatoms. The molecule has 0 saturated carbocycles. The molecule has 7 nitrogen and oxygen atoms in total. The highest BCUT2D eigenvalue weighted by molar-refractivity contribution is 6.02. The van der Waals surface area contributed by atoms with Crippen molar-refractivity contribution in [1.82, 2.24) is 0 Å². The zero-order valence-electron chi connectivity index (χ0n) is 8.08. The van der Waals surface area contributed by atoms with Gasteiger partial charge in [-0.3, -0.25) is 10.5 Å². The lowest BCUT2D eigenvalue weighted by Crippen LogP contribution is -2.41. The van der Waals surface area contributed by atoms with E-state index in [1.54, 1.807) is 0 Å². The molecule has 0 atom stereocenters. The van der Waals surface area contributed by atoms with Crippen molar-refractivity contribution in [3.63, 3.8) is 0 Å². The fourth-order valence-electron chi connectivity index (χ4n) is 1.50. The maximum atomic E-state index is 11.6. The van der Waals surface area contributed by atoms with Gasteiger partial charge in [0.15, 0.2) is 0 Å². The Kier molecular flexibility index (Phi) is 2.01. The van der Waals surface area contributed by atoms with E-state index in [1.807, 2.05) is 0 Å². The second kappa shape index (κ2) is 3.23. The molecule has 0 spiro atoms. The Balaban J connectivity index is 2.99. The summed E-state index contributed by atoms with van der Waals surface area (Å²) in [7, 11) is 0. The van der Waals surface area contributed by atoms with Gasteiger partial charge < -0.3 is 16.1 Å². The van der Waals surface area contributed by atoms with Crippen molar-refractivity contribution in [2.75, 3.05) is 5.73 Å². The maximum Gasteiger partial charge on any atom is 0.342 e. The van der Waals surface area contributed by atoms with Gasteiger partial charge in [0, 0.05) is 0 Å². The Hall–Kier alpha value is -2.57. The number of nitrogens with zero attached hydrogens (tertiary/aromatic N) is 2. The second-order valence-electron chi connectivity index (χ2n) is 3.21. The minimum absolute atomic E-state index is 0.00583. The summed E-state index contributed by atoms with van der Waals surface area (Å²) >= 11 is 0. The minimum Gasteiger partial charge on any atom is -0.710 e. The lowest BCUT2D eigenvalue weighted by Gasteiger charge is -2.10. The molecule has 1 amide bonds. The number of rotatable bonds is 1. The summed E-state index contributed by atoms with van der Waals surface area (Å²) < 4.78 is 0.731. The van der Waals surface area contributed by atoms with E-state index in [-0.39, 0.29) is 22.4 Å². The minimum atomic E-state index is -0.778.